The van der Waals surface area contributed by atoms with Crippen molar-refractivity contribution in [3.8, 4) is 17.1 Å². The van der Waals surface area contributed by atoms with Crippen LogP contribution in [0.4, 0.5) is 13.2 Å². The average molecular weight is 485 g/mol. The van der Waals surface area contributed by atoms with Gasteiger partial charge >= 0.3 is 0 Å². The predicted molar refractivity (Wildman–Crippen MR) is 129 cm³/mol. The van der Waals surface area contributed by atoms with Crippen LogP contribution in [0.3, 0.4) is 0 Å². The zero-order valence-corrected chi connectivity index (χ0v) is 19.5. The maximum Gasteiger partial charge on any atom is 0.159 e. The first-order valence-corrected chi connectivity index (χ1v) is 11.6. The number of unbranched alkanes of at least 4 members (excludes halogenated alkanes) is 2. The molecule has 0 amide bonds. The standard InChI is InChI=1S/C27H24ClF3N2O/c1-2-3-4-11-34-21-15-32-27(33-16-21)20-9-10-22-19(14-20)8-7-18(26(22)31)6-5-17-12-23(29)25(28)24(30)13-17/h7-10,12-16H,2-6,11H2,1H3. The summed E-state index contributed by atoms with van der Waals surface area (Å²) in [6.07, 6.45) is 7.11. The van der Waals surface area contributed by atoms with Gasteiger partial charge in [-0.3, -0.25) is 0 Å². The summed E-state index contributed by atoms with van der Waals surface area (Å²) in [6.45, 7) is 2.77. The van der Waals surface area contributed by atoms with Gasteiger partial charge in [-0.1, -0.05) is 55.6 Å². The smallest absolute Gasteiger partial charge is 0.159 e. The Hall–Kier alpha value is -3.12. The Morgan fingerprint density at radius 3 is 2.32 bits per heavy atom. The summed E-state index contributed by atoms with van der Waals surface area (Å²) < 4.78 is 48.1. The molecule has 0 aliphatic rings. The van der Waals surface area contributed by atoms with E-state index in [4.69, 9.17) is 16.3 Å². The zero-order chi connectivity index (χ0) is 24.1. The molecule has 3 aromatic carbocycles. The molecule has 4 rings (SSSR count). The molecule has 0 aliphatic heterocycles. The van der Waals surface area contributed by atoms with Crippen LogP contribution in [0.25, 0.3) is 22.2 Å². The molecule has 0 aliphatic carbocycles. The third kappa shape index (κ3) is 5.50. The predicted octanol–water partition coefficient (Wildman–Crippen LogP) is 7.72. The maximum absolute atomic E-state index is 15.1. The molecule has 0 bridgehead atoms. The lowest BCUT2D eigenvalue weighted by molar-refractivity contribution is 0.304. The third-order valence-electron chi connectivity index (χ3n) is 5.66. The van der Waals surface area contributed by atoms with E-state index in [0.29, 0.717) is 46.5 Å². The summed E-state index contributed by atoms with van der Waals surface area (Å²) in [5.74, 6) is -0.838. The average Bonchev–Trinajstić information content (AvgIpc) is 2.85. The van der Waals surface area contributed by atoms with Gasteiger partial charge in [0.25, 0.3) is 0 Å². The van der Waals surface area contributed by atoms with Gasteiger partial charge in [-0.25, -0.2) is 23.1 Å². The van der Waals surface area contributed by atoms with Crippen molar-refractivity contribution in [2.75, 3.05) is 6.61 Å². The minimum atomic E-state index is -0.818. The van der Waals surface area contributed by atoms with Crippen LogP contribution in [0.5, 0.6) is 5.75 Å². The van der Waals surface area contributed by atoms with E-state index in [2.05, 4.69) is 16.9 Å². The minimum absolute atomic E-state index is 0.284. The SMILES string of the molecule is CCCCCOc1cnc(-c2ccc3c(F)c(CCc4cc(F)c(Cl)c(F)c4)ccc3c2)nc1. The van der Waals surface area contributed by atoms with Gasteiger partial charge in [0.15, 0.2) is 11.6 Å². The largest absolute Gasteiger partial charge is 0.490 e. The molecule has 4 aromatic rings. The molecule has 34 heavy (non-hydrogen) atoms. The number of ether oxygens (including phenoxy) is 1. The van der Waals surface area contributed by atoms with Crippen LogP contribution in [0.15, 0.2) is 54.9 Å². The summed E-state index contributed by atoms with van der Waals surface area (Å²) in [6, 6.07) is 11.2. The van der Waals surface area contributed by atoms with Crippen molar-refractivity contribution in [3.63, 3.8) is 0 Å². The third-order valence-corrected chi connectivity index (χ3v) is 6.02. The van der Waals surface area contributed by atoms with E-state index in [0.717, 1.165) is 24.8 Å². The van der Waals surface area contributed by atoms with Gasteiger partial charge in [-0.2, -0.15) is 0 Å². The van der Waals surface area contributed by atoms with Crippen LogP contribution >= 0.6 is 11.6 Å². The highest BCUT2D eigenvalue weighted by atomic mass is 35.5. The number of aryl methyl sites for hydroxylation is 2. The molecular formula is C27H24ClF3N2O. The van der Waals surface area contributed by atoms with Crippen LogP contribution in [-0.2, 0) is 12.8 Å². The summed E-state index contributed by atoms with van der Waals surface area (Å²) in [4.78, 5) is 8.75. The molecule has 0 fully saturated rings. The number of halogens is 4. The highest BCUT2D eigenvalue weighted by Crippen LogP contribution is 2.28. The molecule has 0 atom stereocenters. The van der Waals surface area contributed by atoms with Gasteiger partial charge in [-0.15, -0.1) is 0 Å². The molecule has 3 nitrogen and oxygen atoms in total. The molecule has 1 aromatic heterocycles. The van der Waals surface area contributed by atoms with Crippen molar-refractivity contribution in [2.45, 2.75) is 39.0 Å². The second kappa shape index (κ2) is 10.9. The lowest BCUT2D eigenvalue weighted by Gasteiger charge is -2.09. The number of benzene rings is 3. The van der Waals surface area contributed by atoms with Crippen molar-refractivity contribution in [1.82, 2.24) is 9.97 Å². The van der Waals surface area contributed by atoms with Gasteiger partial charge in [0.1, 0.15) is 22.5 Å². The first kappa shape index (κ1) is 24.0. The lowest BCUT2D eigenvalue weighted by atomic mass is 9.99. The van der Waals surface area contributed by atoms with Crippen molar-refractivity contribution >= 4 is 22.4 Å². The fourth-order valence-corrected chi connectivity index (χ4v) is 3.89. The Labute approximate surface area is 201 Å². The number of nitrogens with zero attached hydrogens (tertiary/aromatic N) is 2. The summed E-state index contributed by atoms with van der Waals surface area (Å²) in [5, 5.41) is 0.644. The van der Waals surface area contributed by atoms with E-state index in [1.54, 1.807) is 30.6 Å². The first-order valence-electron chi connectivity index (χ1n) is 11.3. The quantitative estimate of drug-likeness (QED) is 0.180. The fraction of sp³-hybridized carbons (Fsp3) is 0.259. The van der Waals surface area contributed by atoms with E-state index in [-0.39, 0.29) is 12.2 Å². The van der Waals surface area contributed by atoms with Crippen molar-refractivity contribution in [3.05, 3.63) is 88.5 Å². The van der Waals surface area contributed by atoms with Gasteiger partial charge < -0.3 is 4.74 Å². The fourth-order valence-electron chi connectivity index (χ4n) is 3.78. The van der Waals surface area contributed by atoms with E-state index in [1.165, 1.54) is 12.1 Å². The highest BCUT2D eigenvalue weighted by molar-refractivity contribution is 6.30. The Morgan fingerprint density at radius 2 is 1.62 bits per heavy atom. The second-order valence-corrected chi connectivity index (χ2v) is 8.52. The second-order valence-electron chi connectivity index (χ2n) is 8.15. The van der Waals surface area contributed by atoms with Crippen molar-refractivity contribution < 1.29 is 17.9 Å². The highest BCUT2D eigenvalue weighted by Gasteiger charge is 2.12. The Kier molecular flexibility index (Phi) is 7.68. The summed E-state index contributed by atoms with van der Waals surface area (Å²) >= 11 is 5.53. The number of aromatic nitrogens is 2. The lowest BCUT2D eigenvalue weighted by Crippen LogP contribution is -1.99. The molecule has 0 N–H and O–H groups in total. The Morgan fingerprint density at radius 1 is 0.882 bits per heavy atom. The zero-order valence-electron chi connectivity index (χ0n) is 18.8. The topological polar surface area (TPSA) is 35.0 Å². The van der Waals surface area contributed by atoms with Gasteiger partial charge in [0.2, 0.25) is 0 Å². The van der Waals surface area contributed by atoms with Crippen molar-refractivity contribution in [2.24, 2.45) is 0 Å². The van der Waals surface area contributed by atoms with Crippen LogP contribution in [0, 0.1) is 17.5 Å². The van der Waals surface area contributed by atoms with E-state index in [1.807, 2.05) is 12.1 Å². The molecule has 7 heteroatoms. The maximum atomic E-state index is 15.1. The molecule has 0 spiro atoms. The molecule has 0 saturated carbocycles. The van der Waals surface area contributed by atoms with Crippen LogP contribution in [0.2, 0.25) is 5.02 Å². The van der Waals surface area contributed by atoms with Gasteiger partial charge in [0, 0.05) is 10.9 Å². The first-order chi connectivity index (χ1) is 16.5. The van der Waals surface area contributed by atoms with Crippen LogP contribution in [0.1, 0.15) is 37.3 Å². The molecule has 0 radical (unpaired) electrons. The summed E-state index contributed by atoms with van der Waals surface area (Å²) in [7, 11) is 0. The molecule has 0 saturated heterocycles. The Balaban J connectivity index is 1.48. The van der Waals surface area contributed by atoms with Gasteiger partial charge in [0.05, 0.1) is 19.0 Å². The molecular weight excluding hydrogens is 461 g/mol. The summed E-state index contributed by atoms with van der Waals surface area (Å²) in [5.41, 5.74) is 1.66. The monoisotopic (exact) mass is 484 g/mol. The van der Waals surface area contributed by atoms with Crippen LogP contribution in [-0.4, -0.2) is 16.6 Å². The molecule has 176 valence electrons. The van der Waals surface area contributed by atoms with Gasteiger partial charge in [-0.05, 0) is 54.0 Å². The number of hydrogen-bond donors (Lipinski definition) is 0. The molecule has 0 unspecified atom stereocenters. The number of fused-ring (bicyclic) bond motifs is 1. The normalized spacial score (nSPS) is 11.2. The van der Waals surface area contributed by atoms with Crippen molar-refractivity contribution in [1.29, 1.82) is 0 Å². The number of rotatable bonds is 9. The van der Waals surface area contributed by atoms with Crippen LogP contribution < -0.4 is 4.74 Å². The Bertz CT molecular complexity index is 1270. The minimum Gasteiger partial charge on any atom is -0.490 e. The van der Waals surface area contributed by atoms with E-state index >= 15 is 4.39 Å². The molecule has 1 heterocycles. The number of hydrogen-bond acceptors (Lipinski definition) is 3. The van der Waals surface area contributed by atoms with E-state index < -0.39 is 16.7 Å². The van der Waals surface area contributed by atoms with E-state index in [9.17, 15) is 8.78 Å².